The third-order valence-corrected chi connectivity index (χ3v) is 5.36. The molecule has 1 unspecified atom stereocenters. The molecule has 0 radical (unpaired) electrons. The molecule has 1 aliphatic rings. The summed E-state index contributed by atoms with van der Waals surface area (Å²) in [7, 11) is 0. The lowest BCUT2D eigenvalue weighted by atomic mass is 9.92. The average Bonchev–Trinajstić information content (AvgIpc) is 3.11. The van der Waals surface area contributed by atoms with Crippen molar-refractivity contribution in [3.05, 3.63) is 89.2 Å². The predicted octanol–water partition coefficient (Wildman–Crippen LogP) is 2.46. The second kappa shape index (κ2) is 7.96. The van der Waals surface area contributed by atoms with Crippen molar-refractivity contribution < 1.29 is 14.7 Å². The van der Waals surface area contributed by atoms with E-state index in [0.717, 1.165) is 23.1 Å². The van der Waals surface area contributed by atoms with E-state index in [1.807, 2.05) is 24.3 Å². The highest BCUT2D eigenvalue weighted by Gasteiger charge is 2.41. The number of aromatic hydroxyl groups is 1. The van der Waals surface area contributed by atoms with Crippen LogP contribution in [0.2, 0.25) is 0 Å². The normalized spacial score (nSPS) is 17.2. The SMILES string of the molecule is NC1(C(=O)NCc2ccc(NC(=O)c3ncccc3O)cc2)CCc2ccccc21. The summed E-state index contributed by atoms with van der Waals surface area (Å²) in [5.74, 6) is -0.881. The topological polar surface area (TPSA) is 117 Å². The maximum atomic E-state index is 12.8. The van der Waals surface area contributed by atoms with Gasteiger partial charge in [0.1, 0.15) is 11.3 Å². The van der Waals surface area contributed by atoms with Crippen LogP contribution in [0.5, 0.6) is 5.75 Å². The third kappa shape index (κ3) is 3.75. The number of aromatic nitrogens is 1. The monoisotopic (exact) mass is 402 g/mol. The molecule has 0 saturated heterocycles. The largest absolute Gasteiger partial charge is 0.505 e. The molecule has 30 heavy (non-hydrogen) atoms. The number of benzene rings is 2. The Bertz CT molecular complexity index is 1100. The van der Waals surface area contributed by atoms with Gasteiger partial charge in [0.2, 0.25) is 5.91 Å². The van der Waals surface area contributed by atoms with Gasteiger partial charge < -0.3 is 21.5 Å². The minimum atomic E-state index is -1.00. The Morgan fingerprint density at radius 3 is 2.60 bits per heavy atom. The molecule has 0 saturated carbocycles. The summed E-state index contributed by atoms with van der Waals surface area (Å²) in [5, 5.41) is 15.3. The lowest BCUT2D eigenvalue weighted by Gasteiger charge is -2.24. The molecule has 7 nitrogen and oxygen atoms in total. The van der Waals surface area contributed by atoms with Crippen LogP contribution >= 0.6 is 0 Å². The number of nitrogens with one attached hydrogen (secondary N) is 2. The van der Waals surface area contributed by atoms with Crippen molar-refractivity contribution in [2.45, 2.75) is 24.9 Å². The number of rotatable bonds is 5. The first-order valence-electron chi connectivity index (χ1n) is 9.67. The third-order valence-electron chi connectivity index (χ3n) is 5.36. The summed E-state index contributed by atoms with van der Waals surface area (Å²) in [6.07, 6.45) is 2.82. The molecule has 0 bridgehead atoms. The fraction of sp³-hybridized carbons (Fsp3) is 0.174. The van der Waals surface area contributed by atoms with Gasteiger partial charge in [-0.25, -0.2) is 4.98 Å². The molecule has 1 heterocycles. The van der Waals surface area contributed by atoms with Crippen molar-refractivity contribution in [1.82, 2.24) is 10.3 Å². The van der Waals surface area contributed by atoms with Crippen LogP contribution in [0.1, 0.15) is 33.6 Å². The quantitative estimate of drug-likeness (QED) is 0.523. The molecule has 0 fully saturated rings. The van der Waals surface area contributed by atoms with Crippen LogP contribution in [-0.4, -0.2) is 21.9 Å². The predicted molar refractivity (Wildman–Crippen MR) is 113 cm³/mol. The van der Waals surface area contributed by atoms with Gasteiger partial charge in [0, 0.05) is 18.4 Å². The Balaban J connectivity index is 1.37. The Hall–Kier alpha value is -3.71. The number of fused-ring (bicyclic) bond motifs is 1. The Labute approximate surface area is 174 Å². The molecule has 2 amide bonds. The zero-order valence-electron chi connectivity index (χ0n) is 16.3. The number of nitrogens with two attached hydrogens (primary N) is 1. The number of anilines is 1. The van der Waals surface area contributed by atoms with Gasteiger partial charge in [-0.05, 0) is 53.8 Å². The van der Waals surface area contributed by atoms with E-state index in [-0.39, 0.29) is 17.4 Å². The van der Waals surface area contributed by atoms with Crippen molar-refractivity contribution in [2.24, 2.45) is 5.73 Å². The fourth-order valence-corrected chi connectivity index (χ4v) is 3.68. The second-order valence-corrected chi connectivity index (χ2v) is 7.33. The van der Waals surface area contributed by atoms with Crippen LogP contribution < -0.4 is 16.4 Å². The average molecular weight is 402 g/mol. The molecule has 7 heteroatoms. The smallest absolute Gasteiger partial charge is 0.278 e. The zero-order chi connectivity index (χ0) is 21.1. The van der Waals surface area contributed by atoms with Crippen molar-refractivity contribution in [1.29, 1.82) is 0 Å². The van der Waals surface area contributed by atoms with E-state index in [9.17, 15) is 14.7 Å². The summed E-state index contributed by atoms with van der Waals surface area (Å²) < 4.78 is 0. The maximum Gasteiger partial charge on any atom is 0.278 e. The molecule has 0 spiro atoms. The van der Waals surface area contributed by atoms with Crippen LogP contribution in [0.4, 0.5) is 5.69 Å². The minimum Gasteiger partial charge on any atom is -0.505 e. The highest BCUT2D eigenvalue weighted by molar-refractivity contribution is 6.04. The van der Waals surface area contributed by atoms with Crippen LogP contribution in [0.3, 0.4) is 0 Å². The number of hydrogen-bond acceptors (Lipinski definition) is 5. The number of pyridine rings is 1. The zero-order valence-corrected chi connectivity index (χ0v) is 16.3. The summed E-state index contributed by atoms with van der Waals surface area (Å²) in [5.41, 5.74) is 8.83. The van der Waals surface area contributed by atoms with Gasteiger partial charge in [-0.1, -0.05) is 36.4 Å². The van der Waals surface area contributed by atoms with Crippen LogP contribution in [0.15, 0.2) is 66.9 Å². The van der Waals surface area contributed by atoms with E-state index in [1.165, 1.54) is 12.3 Å². The van der Waals surface area contributed by atoms with Gasteiger partial charge in [0.05, 0.1) is 0 Å². The molecule has 1 aromatic heterocycles. The highest BCUT2D eigenvalue weighted by atomic mass is 16.3. The number of amides is 2. The molecular formula is C23H22N4O3. The van der Waals surface area contributed by atoms with Crippen LogP contribution in [0, 0.1) is 0 Å². The highest BCUT2D eigenvalue weighted by Crippen LogP contribution is 2.34. The minimum absolute atomic E-state index is 0.0427. The summed E-state index contributed by atoms with van der Waals surface area (Å²) >= 11 is 0. The molecule has 2 aromatic carbocycles. The fourth-order valence-electron chi connectivity index (χ4n) is 3.68. The summed E-state index contributed by atoms with van der Waals surface area (Å²) in [6, 6.07) is 17.8. The molecule has 4 rings (SSSR count). The number of carbonyl (C=O) groups is 2. The van der Waals surface area contributed by atoms with Crippen molar-refractivity contribution in [3.8, 4) is 5.75 Å². The van der Waals surface area contributed by atoms with Crippen molar-refractivity contribution in [3.63, 3.8) is 0 Å². The first-order chi connectivity index (χ1) is 14.5. The van der Waals surface area contributed by atoms with Crippen LogP contribution in [0.25, 0.3) is 0 Å². The number of hydrogen-bond donors (Lipinski definition) is 4. The lowest BCUT2D eigenvalue weighted by Crippen LogP contribution is -2.49. The molecule has 3 aromatic rings. The first-order valence-corrected chi connectivity index (χ1v) is 9.67. The van der Waals surface area contributed by atoms with E-state index < -0.39 is 11.4 Å². The summed E-state index contributed by atoms with van der Waals surface area (Å²) in [4.78, 5) is 28.9. The van der Waals surface area contributed by atoms with E-state index in [4.69, 9.17) is 5.73 Å². The van der Waals surface area contributed by atoms with Gasteiger partial charge in [0.25, 0.3) is 5.91 Å². The standard InChI is InChI=1S/C23H22N4O3/c24-23(12-11-16-4-1-2-5-18(16)23)22(30)26-14-15-7-9-17(10-8-15)27-21(29)20-19(28)6-3-13-25-20/h1-10,13,28H,11-12,14,24H2,(H,26,30)(H,27,29). The Kier molecular flexibility index (Phi) is 5.20. The van der Waals surface area contributed by atoms with E-state index in [0.29, 0.717) is 18.7 Å². The second-order valence-electron chi connectivity index (χ2n) is 7.33. The van der Waals surface area contributed by atoms with E-state index in [1.54, 1.807) is 30.3 Å². The Morgan fingerprint density at radius 1 is 1.07 bits per heavy atom. The molecule has 152 valence electrons. The van der Waals surface area contributed by atoms with E-state index in [2.05, 4.69) is 15.6 Å². The number of carbonyl (C=O) groups excluding carboxylic acids is 2. The van der Waals surface area contributed by atoms with Crippen molar-refractivity contribution >= 4 is 17.5 Å². The molecule has 0 aliphatic heterocycles. The van der Waals surface area contributed by atoms with Crippen molar-refractivity contribution in [2.75, 3.05) is 5.32 Å². The maximum absolute atomic E-state index is 12.8. The van der Waals surface area contributed by atoms with Gasteiger partial charge in [-0.3, -0.25) is 9.59 Å². The molecule has 5 N–H and O–H groups in total. The summed E-state index contributed by atoms with van der Waals surface area (Å²) in [6.45, 7) is 0.329. The molecule has 1 atom stereocenters. The first kappa shape index (κ1) is 19.6. The van der Waals surface area contributed by atoms with Gasteiger partial charge in [-0.2, -0.15) is 0 Å². The molecule has 1 aliphatic carbocycles. The Morgan fingerprint density at radius 2 is 1.83 bits per heavy atom. The van der Waals surface area contributed by atoms with Gasteiger partial charge in [0.15, 0.2) is 5.69 Å². The molecular weight excluding hydrogens is 380 g/mol. The van der Waals surface area contributed by atoms with Crippen LogP contribution in [-0.2, 0) is 23.3 Å². The number of aryl methyl sites for hydroxylation is 1. The lowest BCUT2D eigenvalue weighted by molar-refractivity contribution is -0.126. The number of nitrogens with zero attached hydrogens (tertiary/aromatic N) is 1. The van der Waals surface area contributed by atoms with E-state index >= 15 is 0 Å². The van der Waals surface area contributed by atoms with Gasteiger partial charge >= 0.3 is 0 Å². The van der Waals surface area contributed by atoms with Gasteiger partial charge in [-0.15, -0.1) is 0 Å².